The molecule has 1 amide bonds. The molecule has 0 saturated heterocycles. The van der Waals surface area contributed by atoms with Gasteiger partial charge >= 0.3 is 0 Å². The van der Waals surface area contributed by atoms with E-state index in [1.807, 2.05) is 32.9 Å². The van der Waals surface area contributed by atoms with Crippen molar-refractivity contribution < 1.29 is 14.6 Å². The van der Waals surface area contributed by atoms with E-state index in [1.165, 1.54) is 0 Å². The maximum absolute atomic E-state index is 11.7. The number of hydrogen-bond donors (Lipinski definition) is 2. The topological polar surface area (TPSA) is 58.6 Å². The third-order valence-electron chi connectivity index (χ3n) is 2.90. The van der Waals surface area contributed by atoms with Crippen LogP contribution in [0.1, 0.15) is 37.8 Å². The van der Waals surface area contributed by atoms with Crippen LogP contribution in [0.4, 0.5) is 0 Å². The molecule has 0 radical (unpaired) electrons. The minimum atomic E-state index is -0.406. The van der Waals surface area contributed by atoms with E-state index in [1.54, 1.807) is 6.92 Å². The molecule has 0 spiro atoms. The largest absolute Gasteiger partial charge is 0.493 e. The van der Waals surface area contributed by atoms with E-state index in [9.17, 15) is 9.90 Å². The van der Waals surface area contributed by atoms with Gasteiger partial charge in [0.05, 0.1) is 19.1 Å². The maximum Gasteiger partial charge on any atom is 0.223 e. The first-order valence-corrected chi connectivity index (χ1v) is 7.05. The summed E-state index contributed by atoms with van der Waals surface area (Å²) in [7, 11) is 0. The Kier molecular flexibility index (Phi) is 6.52. The molecule has 0 aliphatic rings. The second-order valence-corrected chi connectivity index (χ2v) is 5.48. The van der Waals surface area contributed by atoms with Gasteiger partial charge < -0.3 is 15.2 Å². The third kappa shape index (κ3) is 6.57. The Balaban J connectivity index is 2.31. The fourth-order valence-corrected chi connectivity index (χ4v) is 2.20. The minimum Gasteiger partial charge on any atom is -0.493 e. The lowest BCUT2D eigenvalue weighted by Crippen LogP contribution is -2.35. The fraction of sp³-hybridized carbons (Fsp3) is 0.562. The van der Waals surface area contributed by atoms with E-state index in [-0.39, 0.29) is 11.9 Å². The Labute approximate surface area is 121 Å². The summed E-state index contributed by atoms with van der Waals surface area (Å²) in [4.78, 5) is 11.7. The smallest absolute Gasteiger partial charge is 0.223 e. The number of benzene rings is 1. The third-order valence-corrected chi connectivity index (χ3v) is 2.90. The van der Waals surface area contributed by atoms with Gasteiger partial charge in [-0.3, -0.25) is 4.79 Å². The van der Waals surface area contributed by atoms with E-state index in [0.717, 1.165) is 16.9 Å². The molecule has 2 N–H and O–H groups in total. The van der Waals surface area contributed by atoms with E-state index in [2.05, 4.69) is 11.4 Å². The molecule has 4 nitrogen and oxygen atoms in total. The molecule has 112 valence electrons. The van der Waals surface area contributed by atoms with Crippen LogP contribution in [0, 0.1) is 13.8 Å². The Morgan fingerprint density at radius 1 is 1.25 bits per heavy atom. The van der Waals surface area contributed by atoms with Crippen LogP contribution in [0.5, 0.6) is 5.75 Å². The van der Waals surface area contributed by atoms with Crippen molar-refractivity contribution in [1.29, 1.82) is 0 Å². The number of aliphatic hydroxyl groups excluding tert-OH is 1. The molecule has 0 aliphatic carbocycles. The summed E-state index contributed by atoms with van der Waals surface area (Å²) in [6.07, 6.45) is 0.470. The van der Waals surface area contributed by atoms with Gasteiger partial charge in [0.1, 0.15) is 5.75 Å². The van der Waals surface area contributed by atoms with Gasteiger partial charge in [-0.25, -0.2) is 0 Å². The van der Waals surface area contributed by atoms with E-state index in [0.29, 0.717) is 19.4 Å². The average molecular weight is 279 g/mol. The zero-order valence-corrected chi connectivity index (χ0v) is 12.8. The van der Waals surface area contributed by atoms with Crippen molar-refractivity contribution in [2.24, 2.45) is 0 Å². The van der Waals surface area contributed by atoms with Crippen molar-refractivity contribution in [1.82, 2.24) is 5.32 Å². The average Bonchev–Trinajstić information content (AvgIpc) is 2.25. The molecule has 0 aliphatic heterocycles. The molecule has 0 fully saturated rings. The molecular formula is C16H25NO3. The van der Waals surface area contributed by atoms with Crippen LogP contribution < -0.4 is 10.1 Å². The summed E-state index contributed by atoms with van der Waals surface area (Å²) in [5.74, 6) is 0.745. The lowest BCUT2D eigenvalue weighted by atomic mass is 10.1. The highest BCUT2D eigenvalue weighted by Crippen LogP contribution is 2.16. The van der Waals surface area contributed by atoms with Crippen LogP contribution in [-0.2, 0) is 4.79 Å². The Morgan fingerprint density at radius 3 is 2.40 bits per heavy atom. The van der Waals surface area contributed by atoms with Gasteiger partial charge in [0, 0.05) is 6.04 Å². The number of aryl methyl sites for hydroxylation is 2. The van der Waals surface area contributed by atoms with E-state index in [4.69, 9.17) is 4.74 Å². The number of rotatable bonds is 7. The van der Waals surface area contributed by atoms with Crippen molar-refractivity contribution >= 4 is 5.91 Å². The number of carbonyl (C=O) groups is 1. The predicted octanol–water partition coefficient (Wildman–Crippen LogP) is 2.35. The summed E-state index contributed by atoms with van der Waals surface area (Å²) >= 11 is 0. The van der Waals surface area contributed by atoms with Gasteiger partial charge in [-0.2, -0.15) is 0 Å². The Bertz CT molecular complexity index is 423. The van der Waals surface area contributed by atoms with Crippen LogP contribution in [0.3, 0.4) is 0 Å². The molecule has 0 saturated carbocycles. The molecule has 1 aromatic rings. The van der Waals surface area contributed by atoms with Gasteiger partial charge in [0.2, 0.25) is 5.91 Å². The molecule has 0 bridgehead atoms. The van der Waals surface area contributed by atoms with Crippen LogP contribution in [0.25, 0.3) is 0 Å². The quantitative estimate of drug-likeness (QED) is 0.805. The molecule has 4 heteroatoms. The number of hydrogen-bond acceptors (Lipinski definition) is 3. The number of carbonyl (C=O) groups excluding carboxylic acids is 1. The monoisotopic (exact) mass is 279 g/mol. The minimum absolute atomic E-state index is 0.0243. The normalized spacial score (nSPS) is 13.7. The highest BCUT2D eigenvalue weighted by Gasteiger charge is 2.09. The number of ether oxygens (including phenoxy) is 1. The van der Waals surface area contributed by atoms with Gasteiger partial charge in [-0.05, 0) is 57.4 Å². The van der Waals surface area contributed by atoms with Crippen molar-refractivity contribution in [2.45, 2.75) is 52.7 Å². The standard InChI is InChI=1S/C16H25NO3/c1-11-7-12(2)9-15(8-11)20-6-5-16(19)17-13(3)10-14(4)18/h7-9,13-14,18H,5-6,10H2,1-4H3,(H,17,19). The highest BCUT2D eigenvalue weighted by molar-refractivity contribution is 5.76. The second kappa shape index (κ2) is 7.90. The Morgan fingerprint density at radius 2 is 1.85 bits per heavy atom. The number of amides is 1. The van der Waals surface area contributed by atoms with Gasteiger partial charge in [0.25, 0.3) is 0 Å². The summed E-state index contributed by atoms with van der Waals surface area (Å²) in [5.41, 5.74) is 2.30. The van der Waals surface area contributed by atoms with E-state index < -0.39 is 6.10 Å². The lowest BCUT2D eigenvalue weighted by Gasteiger charge is -2.15. The number of aliphatic hydroxyl groups is 1. The first-order valence-electron chi connectivity index (χ1n) is 7.05. The van der Waals surface area contributed by atoms with Crippen molar-refractivity contribution in [2.75, 3.05) is 6.61 Å². The molecule has 1 rings (SSSR count). The van der Waals surface area contributed by atoms with Crippen molar-refractivity contribution in [3.8, 4) is 5.75 Å². The molecule has 2 unspecified atom stereocenters. The van der Waals surface area contributed by atoms with Crippen LogP contribution in [0.15, 0.2) is 18.2 Å². The fourth-order valence-electron chi connectivity index (χ4n) is 2.20. The van der Waals surface area contributed by atoms with Gasteiger partial charge in [-0.1, -0.05) is 6.07 Å². The van der Waals surface area contributed by atoms with Crippen molar-refractivity contribution in [3.05, 3.63) is 29.3 Å². The molecule has 20 heavy (non-hydrogen) atoms. The molecule has 0 aromatic heterocycles. The summed E-state index contributed by atoms with van der Waals surface area (Å²) in [5, 5.41) is 12.1. The predicted molar refractivity (Wildman–Crippen MR) is 79.9 cm³/mol. The second-order valence-electron chi connectivity index (χ2n) is 5.48. The van der Waals surface area contributed by atoms with Gasteiger partial charge in [0.15, 0.2) is 0 Å². The van der Waals surface area contributed by atoms with Crippen LogP contribution in [-0.4, -0.2) is 29.8 Å². The molecule has 0 heterocycles. The lowest BCUT2D eigenvalue weighted by molar-refractivity contribution is -0.122. The summed E-state index contributed by atoms with van der Waals surface area (Å²) < 4.78 is 5.59. The van der Waals surface area contributed by atoms with Crippen molar-refractivity contribution in [3.63, 3.8) is 0 Å². The summed E-state index contributed by atoms with van der Waals surface area (Å²) in [6, 6.07) is 5.97. The van der Waals surface area contributed by atoms with Crippen LogP contribution >= 0.6 is 0 Å². The zero-order valence-electron chi connectivity index (χ0n) is 12.8. The van der Waals surface area contributed by atoms with Crippen LogP contribution in [0.2, 0.25) is 0 Å². The molecule has 1 aromatic carbocycles. The first-order chi connectivity index (χ1) is 9.36. The molecular weight excluding hydrogens is 254 g/mol. The Hall–Kier alpha value is -1.55. The number of nitrogens with one attached hydrogen (secondary N) is 1. The first kappa shape index (κ1) is 16.5. The summed E-state index contributed by atoms with van der Waals surface area (Å²) in [6.45, 7) is 7.99. The maximum atomic E-state index is 11.7. The zero-order chi connectivity index (χ0) is 15.1. The molecule has 2 atom stereocenters. The van der Waals surface area contributed by atoms with Gasteiger partial charge in [-0.15, -0.1) is 0 Å². The SMILES string of the molecule is Cc1cc(C)cc(OCCC(=O)NC(C)CC(C)O)c1. The van der Waals surface area contributed by atoms with E-state index >= 15 is 0 Å². The highest BCUT2D eigenvalue weighted by atomic mass is 16.5.